The fourth-order valence-electron chi connectivity index (χ4n) is 4.01. The Balaban J connectivity index is 0. The predicted molar refractivity (Wildman–Crippen MR) is 103 cm³/mol. The normalized spacial score (nSPS) is 18.3. The quantitative estimate of drug-likeness (QED) is 0.314. The van der Waals surface area contributed by atoms with E-state index >= 15 is 0 Å². The summed E-state index contributed by atoms with van der Waals surface area (Å²) in [4.78, 5) is 0. The van der Waals surface area contributed by atoms with Gasteiger partial charge in [-0.25, -0.2) is 5.57 Å². The molecule has 1 aliphatic carbocycles. The molecule has 0 spiro atoms. The van der Waals surface area contributed by atoms with Crippen molar-refractivity contribution in [3.63, 3.8) is 0 Å². The monoisotopic (exact) mass is 470 g/mol. The van der Waals surface area contributed by atoms with Gasteiger partial charge in [0.1, 0.15) is 8.07 Å². The smallest absolute Gasteiger partial charge is 1.00 e. The molecule has 0 N–H and O–H groups in total. The van der Waals surface area contributed by atoms with Gasteiger partial charge in [-0.1, -0.05) is 103 Å². The maximum absolute atomic E-state index is 3.87. The third kappa shape index (κ3) is 4.66. The van der Waals surface area contributed by atoms with Crippen LogP contribution in [0.1, 0.15) is 27.7 Å². The van der Waals surface area contributed by atoms with Crippen LogP contribution in [0.15, 0.2) is 77.4 Å². The summed E-state index contributed by atoms with van der Waals surface area (Å²) in [6.45, 7) is 11.6. The molecule has 3 rings (SSSR count). The Morgan fingerprint density at radius 2 is 1.11 bits per heavy atom. The molecule has 2 aromatic rings. The van der Waals surface area contributed by atoms with Crippen LogP contribution in [0.5, 0.6) is 0 Å². The summed E-state index contributed by atoms with van der Waals surface area (Å²) in [7, 11) is -2.03. The van der Waals surface area contributed by atoms with E-state index in [4.69, 9.17) is 0 Å². The Bertz CT molecular complexity index is 748. The van der Waals surface area contributed by atoms with Gasteiger partial charge < -0.3 is 37.2 Å². The third-order valence-electron chi connectivity index (χ3n) is 6.01. The van der Waals surface area contributed by atoms with Crippen LogP contribution < -0.4 is 47.6 Å². The van der Waals surface area contributed by atoms with E-state index in [1.165, 1.54) is 27.1 Å². The van der Waals surface area contributed by atoms with Crippen molar-refractivity contribution in [3.05, 3.63) is 83.5 Å². The topological polar surface area (TPSA) is 0 Å². The van der Waals surface area contributed by atoms with Crippen molar-refractivity contribution in [2.45, 2.75) is 39.3 Å². The van der Waals surface area contributed by atoms with Crippen LogP contribution in [-0.4, -0.2) is 8.07 Å². The molecular formula is C22H25Cl3SiTi. The summed E-state index contributed by atoms with van der Waals surface area (Å²) < 4.78 is 0. The second-order valence-corrected chi connectivity index (χ2v) is 11.4. The molecule has 0 saturated carbocycles. The van der Waals surface area contributed by atoms with E-state index in [0.717, 1.165) is 0 Å². The van der Waals surface area contributed by atoms with Gasteiger partial charge in [0.25, 0.3) is 0 Å². The molecular weight excluding hydrogens is 447 g/mol. The van der Waals surface area contributed by atoms with E-state index in [-0.39, 0.29) is 64.0 Å². The second kappa shape index (κ2) is 11.0. The van der Waals surface area contributed by atoms with Crippen LogP contribution >= 0.6 is 0 Å². The van der Waals surface area contributed by atoms with Gasteiger partial charge in [-0.3, -0.25) is 6.08 Å². The standard InChI is InChI=1S/C22H25Si.3ClH.Ti/c1-17-16-22(4,19(3)18(17)2)23(5,20-12-8-6-9-13-20)21-14-10-7-11-15-21;;;;/h6-15H,1-5H3;3*1H;/q-1;;;;+4/p-3. The van der Waals surface area contributed by atoms with E-state index in [0.29, 0.717) is 0 Å². The van der Waals surface area contributed by atoms with Gasteiger partial charge in [-0.05, 0) is 0 Å². The van der Waals surface area contributed by atoms with Gasteiger partial charge in [0.05, 0.1) is 0 Å². The summed E-state index contributed by atoms with van der Waals surface area (Å²) in [5.74, 6) is 0. The first-order valence-corrected chi connectivity index (χ1v) is 10.8. The van der Waals surface area contributed by atoms with Gasteiger partial charge in [0.2, 0.25) is 0 Å². The van der Waals surface area contributed by atoms with Crippen LogP contribution in [0.3, 0.4) is 0 Å². The summed E-state index contributed by atoms with van der Waals surface area (Å²) in [5.41, 5.74) is 4.21. The number of benzene rings is 2. The first-order valence-electron chi connectivity index (χ1n) is 8.32. The Morgan fingerprint density at radius 1 is 0.741 bits per heavy atom. The van der Waals surface area contributed by atoms with Crippen LogP contribution in [0.2, 0.25) is 11.6 Å². The van der Waals surface area contributed by atoms with Crippen molar-refractivity contribution >= 4 is 18.4 Å². The largest absolute Gasteiger partial charge is 4.00 e. The molecule has 0 fully saturated rings. The first kappa shape index (κ1) is 28.9. The Morgan fingerprint density at radius 3 is 1.41 bits per heavy atom. The molecule has 0 bridgehead atoms. The molecule has 142 valence electrons. The number of rotatable bonds is 3. The molecule has 0 aromatic heterocycles. The number of hydrogen-bond acceptors (Lipinski definition) is 0. The van der Waals surface area contributed by atoms with Gasteiger partial charge in [0, 0.05) is 0 Å². The van der Waals surface area contributed by atoms with Crippen LogP contribution in [0.25, 0.3) is 0 Å². The van der Waals surface area contributed by atoms with Crippen molar-refractivity contribution in [1.82, 2.24) is 0 Å². The minimum absolute atomic E-state index is 0. The molecule has 0 amide bonds. The zero-order valence-corrected chi connectivity index (χ0v) is 21.2. The summed E-state index contributed by atoms with van der Waals surface area (Å²) >= 11 is 0. The van der Waals surface area contributed by atoms with Gasteiger partial charge in [0.15, 0.2) is 0 Å². The number of allylic oxidation sites excluding steroid dienone is 4. The minimum Gasteiger partial charge on any atom is -1.00 e. The molecule has 2 aromatic carbocycles. The van der Waals surface area contributed by atoms with Crippen LogP contribution in [0, 0.1) is 6.08 Å². The van der Waals surface area contributed by atoms with Crippen molar-refractivity contribution in [3.8, 4) is 0 Å². The predicted octanol–water partition coefficient (Wildman–Crippen LogP) is -4.25. The van der Waals surface area contributed by atoms with E-state index < -0.39 is 8.07 Å². The molecule has 0 radical (unpaired) electrons. The fourth-order valence-corrected chi connectivity index (χ4v) is 8.59. The first-order chi connectivity index (χ1) is 10.9. The molecule has 5 heteroatoms. The van der Waals surface area contributed by atoms with E-state index in [9.17, 15) is 0 Å². The molecule has 0 nitrogen and oxygen atoms in total. The Hall–Kier alpha value is -0.279. The average molecular weight is 472 g/mol. The van der Waals surface area contributed by atoms with Gasteiger partial charge in [-0.15, -0.1) is 6.92 Å². The molecule has 0 saturated heterocycles. The molecule has 1 unspecified atom stereocenters. The van der Waals surface area contributed by atoms with Crippen molar-refractivity contribution < 1.29 is 58.9 Å². The summed E-state index contributed by atoms with van der Waals surface area (Å²) in [5, 5.41) is 2.94. The molecule has 1 atom stereocenters. The SMILES string of the molecule is CC1=[C-]C(C)([Si](C)(c2ccccc2)c2ccccc2)C(C)=C1C.[Cl-].[Cl-].[Cl-].[Ti+4]. The summed E-state index contributed by atoms with van der Waals surface area (Å²) in [6, 6.07) is 22.1. The van der Waals surface area contributed by atoms with Gasteiger partial charge in [-0.2, -0.15) is 11.1 Å². The number of halogens is 3. The Kier molecular flexibility index (Phi) is 11.8. The zero-order valence-electron chi connectivity index (χ0n) is 16.4. The van der Waals surface area contributed by atoms with Crippen LogP contribution in [-0.2, 0) is 21.7 Å². The number of hydrogen-bond donors (Lipinski definition) is 0. The third-order valence-corrected chi connectivity index (χ3v) is 11.5. The van der Waals surface area contributed by atoms with E-state index in [2.05, 4.69) is 101 Å². The minimum atomic E-state index is -2.03. The van der Waals surface area contributed by atoms with Crippen molar-refractivity contribution in [1.29, 1.82) is 0 Å². The van der Waals surface area contributed by atoms with Gasteiger partial charge >= 0.3 is 21.7 Å². The fraction of sp³-hybridized carbons (Fsp3) is 0.273. The van der Waals surface area contributed by atoms with Crippen molar-refractivity contribution in [2.75, 3.05) is 0 Å². The van der Waals surface area contributed by atoms with E-state index in [1.807, 2.05) is 0 Å². The average Bonchev–Trinajstić information content (AvgIpc) is 2.80. The van der Waals surface area contributed by atoms with E-state index in [1.54, 1.807) is 0 Å². The Labute approximate surface area is 199 Å². The van der Waals surface area contributed by atoms with Crippen LogP contribution in [0.4, 0.5) is 0 Å². The zero-order chi connectivity index (χ0) is 16.7. The summed E-state index contributed by atoms with van der Waals surface area (Å²) in [6.07, 6.45) is 3.87. The molecule has 0 heterocycles. The van der Waals surface area contributed by atoms with Crippen molar-refractivity contribution in [2.24, 2.45) is 0 Å². The maximum Gasteiger partial charge on any atom is 4.00 e. The molecule has 0 aliphatic heterocycles. The second-order valence-electron chi connectivity index (χ2n) is 6.98. The maximum atomic E-state index is 3.87. The molecule has 27 heavy (non-hydrogen) atoms. The molecule has 1 aliphatic rings.